The fourth-order valence-corrected chi connectivity index (χ4v) is 5.76. The molecule has 1 aliphatic carbocycles. The Balaban J connectivity index is 1.28. The van der Waals surface area contributed by atoms with E-state index in [4.69, 9.17) is 15.3 Å². The number of fused-ring (bicyclic) bond motifs is 1. The first kappa shape index (κ1) is 25.1. The third kappa shape index (κ3) is 5.81. The first-order chi connectivity index (χ1) is 16.7. The second-order valence-corrected chi connectivity index (χ2v) is 10.2. The molecule has 1 fully saturated rings. The van der Waals surface area contributed by atoms with E-state index in [9.17, 15) is 17.2 Å². The van der Waals surface area contributed by atoms with E-state index in [1.807, 2.05) is 19.1 Å². The maximum Gasteiger partial charge on any atom is 0.304 e. The zero-order valence-corrected chi connectivity index (χ0v) is 20.3. The second-order valence-electron chi connectivity index (χ2n) is 8.40. The van der Waals surface area contributed by atoms with Gasteiger partial charge in [-0.15, -0.1) is 0 Å². The molecule has 0 saturated carbocycles. The van der Waals surface area contributed by atoms with Crippen LogP contribution in [0, 0.1) is 0 Å². The van der Waals surface area contributed by atoms with Crippen molar-refractivity contribution in [3.63, 3.8) is 0 Å². The van der Waals surface area contributed by atoms with Crippen LogP contribution in [-0.4, -0.2) is 62.2 Å². The largest absolute Gasteiger partial charge is 0.493 e. The Morgan fingerprint density at radius 2 is 2.00 bits per heavy atom. The number of rotatable bonds is 10. The lowest BCUT2D eigenvalue weighted by atomic mass is 10.1. The molecule has 0 radical (unpaired) electrons. The van der Waals surface area contributed by atoms with Crippen LogP contribution in [0.1, 0.15) is 37.3 Å². The second kappa shape index (κ2) is 10.3. The minimum atomic E-state index is -3.90. The molecule has 190 valence electrons. The predicted molar refractivity (Wildman–Crippen MR) is 129 cm³/mol. The molecule has 1 aromatic heterocycles. The van der Waals surface area contributed by atoms with Crippen LogP contribution < -0.4 is 14.8 Å². The number of nitrogens with two attached hydrogens (primary N) is 1. The summed E-state index contributed by atoms with van der Waals surface area (Å²) in [5.41, 5.74) is 8.92. The number of pyridine rings is 1. The number of ether oxygens (including phenoxy) is 1. The van der Waals surface area contributed by atoms with E-state index in [0.717, 1.165) is 38.3 Å². The van der Waals surface area contributed by atoms with Crippen molar-refractivity contribution >= 4 is 27.4 Å². The molecule has 2 heterocycles. The average Bonchev–Trinajstić information content (AvgIpc) is 3.35. The zero-order chi connectivity index (χ0) is 25.1. The van der Waals surface area contributed by atoms with Crippen LogP contribution in [-0.2, 0) is 21.5 Å². The Kier molecular flexibility index (Phi) is 7.41. The first-order valence-electron chi connectivity index (χ1n) is 11.5. The smallest absolute Gasteiger partial charge is 0.304 e. The summed E-state index contributed by atoms with van der Waals surface area (Å²) in [5.74, 6) is -2.37. The Morgan fingerprint density at radius 3 is 2.77 bits per heavy atom. The number of nitrogens with zero attached hydrogens (tertiary/aromatic N) is 4. The van der Waals surface area contributed by atoms with Gasteiger partial charge in [-0.1, -0.05) is 5.16 Å². The van der Waals surface area contributed by atoms with Gasteiger partial charge in [0.15, 0.2) is 0 Å². The number of oxime groups is 1. The fourth-order valence-electron chi connectivity index (χ4n) is 4.16. The van der Waals surface area contributed by atoms with Gasteiger partial charge in [-0.05, 0) is 49.6 Å². The van der Waals surface area contributed by atoms with Crippen LogP contribution in [0.2, 0.25) is 0 Å². The van der Waals surface area contributed by atoms with Gasteiger partial charge in [0.2, 0.25) is 0 Å². The molecule has 2 aromatic rings. The number of nitrogen functional groups attached to an aromatic ring is 1. The van der Waals surface area contributed by atoms with Crippen LogP contribution in [0.25, 0.3) is 0 Å². The number of hydrogen-bond donors (Lipinski definition) is 1. The Labute approximate surface area is 203 Å². The average molecular weight is 510 g/mol. The molecule has 0 amide bonds. The van der Waals surface area contributed by atoms with Gasteiger partial charge in [0, 0.05) is 50.3 Å². The van der Waals surface area contributed by atoms with Crippen molar-refractivity contribution < 1.29 is 26.8 Å². The van der Waals surface area contributed by atoms with Crippen molar-refractivity contribution in [2.24, 2.45) is 5.16 Å². The normalized spacial score (nSPS) is 18.7. The molecule has 0 spiro atoms. The third-order valence-electron chi connectivity index (χ3n) is 6.00. The number of benzene rings is 1. The summed E-state index contributed by atoms with van der Waals surface area (Å²) < 4.78 is 62.4. The van der Waals surface area contributed by atoms with E-state index in [0.29, 0.717) is 18.0 Å². The van der Waals surface area contributed by atoms with E-state index in [1.54, 1.807) is 6.07 Å². The van der Waals surface area contributed by atoms with E-state index < -0.39 is 29.0 Å². The molecule has 4 rings (SSSR count). The summed E-state index contributed by atoms with van der Waals surface area (Å²) in [4.78, 5) is 8.98. The lowest BCUT2D eigenvalue weighted by Gasteiger charge is -2.22. The van der Waals surface area contributed by atoms with Gasteiger partial charge in [-0.2, -0.15) is 12.7 Å². The summed E-state index contributed by atoms with van der Waals surface area (Å²) >= 11 is 0. The molecule has 1 aliphatic heterocycles. The number of hydrogen-bond acceptors (Lipinski definition) is 7. The Bertz CT molecular complexity index is 1190. The van der Waals surface area contributed by atoms with Crippen molar-refractivity contribution in [2.45, 2.75) is 38.5 Å². The minimum absolute atomic E-state index is 0.126. The summed E-state index contributed by atoms with van der Waals surface area (Å²) in [7, 11) is -3.90. The predicted octanol–water partition coefficient (Wildman–Crippen LogP) is 3.21. The molecule has 0 unspecified atom stereocenters. The highest BCUT2D eigenvalue weighted by Crippen LogP contribution is 2.30. The monoisotopic (exact) mass is 509 g/mol. The highest BCUT2D eigenvalue weighted by molar-refractivity contribution is 7.90. The molecule has 1 aromatic carbocycles. The van der Waals surface area contributed by atoms with Crippen LogP contribution >= 0.6 is 0 Å². The third-order valence-corrected chi connectivity index (χ3v) is 7.96. The summed E-state index contributed by atoms with van der Waals surface area (Å²) in [6.45, 7) is 2.19. The molecule has 0 bridgehead atoms. The standard InChI is InChI=1S/C23H29F2N5O4S/c1-2-34-28-21-6-3-17-15-19(4-5-20(17)21)33-14-9-23(24,25)8-11-29-12-13-30(35(29,31)32)18-7-10-27-22(26)16-18/h4-5,7,10,15-16H,2-3,6,8-9,11-14H2,1H3,(H2,26,27)/b28-21+. The molecule has 2 aliphatic rings. The molecular formula is C23H29F2N5O4S. The van der Waals surface area contributed by atoms with Crippen molar-refractivity contribution in [1.29, 1.82) is 0 Å². The lowest BCUT2D eigenvalue weighted by molar-refractivity contribution is -0.0289. The highest BCUT2D eigenvalue weighted by atomic mass is 32.2. The van der Waals surface area contributed by atoms with Gasteiger partial charge in [-0.3, -0.25) is 4.31 Å². The van der Waals surface area contributed by atoms with Crippen LogP contribution in [0.3, 0.4) is 0 Å². The summed E-state index contributed by atoms with van der Waals surface area (Å²) in [6, 6.07) is 8.42. The van der Waals surface area contributed by atoms with Gasteiger partial charge in [0.25, 0.3) is 5.92 Å². The number of anilines is 2. The van der Waals surface area contributed by atoms with Crippen molar-refractivity contribution in [3.8, 4) is 5.75 Å². The molecule has 35 heavy (non-hydrogen) atoms. The number of aryl methyl sites for hydroxylation is 1. The molecule has 0 atom stereocenters. The van der Waals surface area contributed by atoms with Crippen LogP contribution in [0.5, 0.6) is 5.75 Å². The van der Waals surface area contributed by atoms with E-state index in [2.05, 4.69) is 10.1 Å². The molecule has 2 N–H and O–H groups in total. The molecular weight excluding hydrogens is 480 g/mol. The molecule has 9 nitrogen and oxygen atoms in total. The first-order valence-corrected chi connectivity index (χ1v) is 12.9. The summed E-state index contributed by atoms with van der Waals surface area (Å²) in [5, 5.41) is 4.11. The van der Waals surface area contributed by atoms with Gasteiger partial charge < -0.3 is 15.3 Å². The van der Waals surface area contributed by atoms with Gasteiger partial charge >= 0.3 is 10.2 Å². The number of halogens is 2. The maximum absolute atomic E-state index is 14.5. The highest BCUT2D eigenvalue weighted by Gasteiger charge is 2.39. The van der Waals surface area contributed by atoms with E-state index in [1.165, 1.54) is 18.3 Å². The number of alkyl halides is 2. The van der Waals surface area contributed by atoms with Crippen LogP contribution in [0.4, 0.5) is 20.3 Å². The Hall–Kier alpha value is -2.99. The minimum Gasteiger partial charge on any atom is -0.493 e. The summed E-state index contributed by atoms with van der Waals surface area (Å²) in [6.07, 6.45) is 1.86. The van der Waals surface area contributed by atoms with E-state index in [-0.39, 0.29) is 32.1 Å². The van der Waals surface area contributed by atoms with Crippen molar-refractivity contribution in [2.75, 3.05) is 42.9 Å². The fraction of sp³-hybridized carbons (Fsp3) is 0.478. The molecule has 12 heteroatoms. The maximum atomic E-state index is 14.5. The number of aromatic nitrogens is 1. The lowest BCUT2D eigenvalue weighted by Crippen LogP contribution is -2.36. The zero-order valence-electron chi connectivity index (χ0n) is 19.5. The van der Waals surface area contributed by atoms with Crippen molar-refractivity contribution in [1.82, 2.24) is 9.29 Å². The Morgan fingerprint density at radius 1 is 1.17 bits per heavy atom. The SMILES string of the molecule is CCO/N=C1\CCc2cc(OCCC(F)(F)CCN3CCN(c4ccnc(N)c4)S3(=O)=O)ccc21. The van der Waals surface area contributed by atoms with Gasteiger partial charge in [-0.25, -0.2) is 13.8 Å². The van der Waals surface area contributed by atoms with Gasteiger partial charge in [0.1, 0.15) is 18.2 Å². The van der Waals surface area contributed by atoms with E-state index >= 15 is 0 Å². The quantitative estimate of drug-likeness (QED) is 0.493. The van der Waals surface area contributed by atoms with Crippen molar-refractivity contribution in [3.05, 3.63) is 47.7 Å². The molecule has 1 saturated heterocycles. The van der Waals surface area contributed by atoms with Crippen LogP contribution in [0.15, 0.2) is 41.7 Å². The van der Waals surface area contributed by atoms with Gasteiger partial charge in [0.05, 0.1) is 18.0 Å². The topological polar surface area (TPSA) is 110 Å².